The fourth-order valence-electron chi connectivity index (χ4n) is 2.95. The molecule has 1 fully saturated rings. The zero-order valence-electron chi connectivity index (χ0n) is 14.3. The van der Waals surface area contributed by atoms with E-state index in [-0.39, 0.29) is 12.1 Å². The third-order valence-corrected chi connectivity index (χ3v) is 4.29. The van der Waals surface area contributed by atoms with Crippen LogP contribution in [-0.4, -0.2) is 41.5 Å². The Morgan fingerprint density at radius 3 is 2.75 bits per heavy atom. The van der Waals surface area contributed by atoms with E-state index in [9.17, 15) is 4.79 Å². The van der Waals surface area contributed by atoms with E-state index >= 15 is 0 Å². The van der Waals surface area contributed by atoms with Crippen LogP contribution in [0.4, 0.5) is 16.4 Å². The van der Waals surface area contributed by atoms with E-state index in [0.29, 0.717) is 24.1 Å². The van der Waals surface area contributed by atoms with Crippen LogP contribution >= 0.6 is 0 Å². The summed E-state index contributed by atoms with van der Waals surface area (Å²) in [6.45, 7) is 2.91. The van der Waals surface area contributed by atoms with Crippen LogP contribution in [0, 0.1) is 5.92 Å². The molecular formula is C17H23N5O2. The Labute approximate surface area is 141 Å². The highest BCUT2D eigenvalue weighted by molar-refractivity contribution is 5.89. The maximum Gasteiger partial charge on any atom is 0.322 e. The first-order valence-electron chi connectivity index (χ1n) is 8.15. The molecule has 128 valence electrons. The van der Waals surface area contributed by atoms with Crippen LogP contribution in [0.5, 0.6) is 0 Å². The van der Waals surface area contributed by atoms with E-state index in [0.717, 1.165) is 18.6 Å². The van der Waals surface area contributed by atoms with Crippen molar-refractivity contribution >= 4 is 17.7 Å². The van der Waals surface area contributed by atoms with E-state index in [1.807, 2.05) is 36.0 Å². The number of rotatable bonds is 3. The van der Waals surface area contributed by atoms with Crippen molar-refractivity contribution in [3.8, 4) is 0 Å². The van der Waals surface area contributed by atoms with Crippen LogP contribution in [0.2, 0.25) is 0 Å². The molecule has 0 radical (unpaired) electrons. The number of anilines is 2. The van der Waals surface area contributed by atoms with E-state index in [1.165, 1.54) is 0 Å². The first kappa shape index (κ1) is 16.3. The smallest absolute Gasteiger partial charge is 0.322 e. The summed E-state index contributed by atoms with van der Waals surface area (Å²) in [5.74, 6) is 2.00. The Bertz CT molecular complexity index is 669. The third-order valence-electron chi connectivity index (χ3n) is 4.29. The van der Waals surface area contributed by atoms with Crippen molar-refractivity contribution in [2.75, 3.05) is 30.9 Å². The number of nitrogens with zero attached hydrogens (tertiary/aromatic N) is 4. The quantitative estimate of drug-likeness (QED) is 0.936. The molecule has 1 N–H and O–H groups in total. The number of hydrogen-bond donors (Lipinski definition) is 1. The van der Waals surface area contributed by atoms with Crippen LogP contribution < -0.4 is 10.2 Å². The molecule has 2 aromatic rings. The standard InChI is InChI=1S/C17H23N5O2/c1-12-6-7-22(14(9-12)15-5-4-8-24-15)17(23)20-13-10-18-16(19-11-13)21(2)3/h4-5,8,10-12,14H,6-7,9H2,1-3H3,(H,20,23)/t12-,14+/m1/s1. The summed E-state index contributed by atoms with van der Waals surface area (Å²) in [5, 5.41) is 2.89. The van der Waals surface area contributed by atoms with Crippen LogP contribution in [0.3, 0.4) is 0 Å². The first-order valence-corrected chi connectivity index (χ1v) is 8.15. The molecule has 0 saturated carbocycles. The predicted octanol–water partition coefficient (Wildman–Crippen LogP) is 3.14. The summed E-state index contributed by atoms with van der Waals surface area (Å²) in [5.41, 5.74) is 0.586. The minimum atomic E-state index is -0.149. The third kappa shape index (κ3) is 3.50. The summed E-state index contributed by atoms with van der Waals surface area (Å²) in [6.07, 6.45) is 6.78. The number of piperidine rings is 1. The molecule has 1 saturated heterocycles. The Hall–Kier alpha value is -2.57. The van der Waals surface area contributed by atoms with Crippen LogP contribution in [0.25, 0.3) is 0 Å². The van der Waals surface area contributed by atoms with Gasteiger partial charge >= 0.3 is 6.03 Å². The molecule has 0 bridgehead atoms. The molecule has 24 heavy (non-hydrogen) atoms. The summed E-state index contributed by atoms with van der Waals surface area (Å²) >= 11 is 0. The first-order chi connectivity index (χ1) is 11.5. The van der Waals surface area contributed by atoms with Crippen LogP contribution in [0.1, 0.15) is 31.6 Å². The molecule has 2 aromatic heterocycles. The fraction of sp³-hybridized carbons (Fsp3) is 0.471. The van der Waals surface area contributed by atoms with Crippen LogP contribution in [-0.2, 0) is 0 Å². The largest absolute Gasteiger partial charge is 0.467 e. The lowest BCUT2D eigenvalue weighted by atomic mass is 9.91. The van der Waals surface area contributed by atoms with E-state index < -0.39 is 0 Å². The highest BCUT2D eigenvalue weighted by Gasteiger charge is 2.32. The van der Waals surface area contributed by atoms with Crippen molar-refractivity contribution in [1.82, 2.24) is 14.9 Å². The van der Waals surface area contributed by atoms with Crippen molar-refractivity contribution in [3.63, 3.8) is 0 Å². The van der Waals surface area contributed by atoms with Gasteiger partial charge in [-0.05, 0) is 30.9 Å². The topological polar surface area (TPSA) is 74.5 Å². The van der Waals surface area contributed by atoms with Gasteiger partial charge in [-0.25, -0.2) is 14.8 Å². The van der Waals surface area contributed by atoms with E-state index in [1.54, 1.807) is 18.7 Å². The molecule has 0 aromatic carbocycles. The van der Waals surface area contributed by atoms with Gasteiger partial charge in [-0.3, -0.25) is 0 Å². The number of carbonyl (C=O) groups is 1. The molecule has 7 nitrogen and oxygen atoms in total. The molecule has 1 aliphatic heterocycles. The van der Waals surface area contributed by atoms with Gasteiger partial charge in [-0.1, -0.05) is 6.92 Å². The van der Waals surface area contributed by atoms with Gasteiger partial charge in [0.2, 0.25) is 5.95 Å². The molecule has 2 atom stereocenters. The van der Waals surface area contributed by atoms with Gasteiger partial charge in [0, 0.05) is 20.6 Å². The minimum Gasteiger partial charge on any atom is -0.467 e. The SMILES string of the molecule is C[C@@H]1CCN(C(=O)Nc2cnc(N(C)C)nc2)[C@H](c2ccco2)C1. The normalized spacial score (nSPS) is 20.7. The van der Waals surface area contributed by atoms with Gasteiger partial charge < -0.3 is 19.5 Å². The number of urea groups is 1. The summed E-state index contributed by atoms with van der Waals surface area (Å²) < 4.78 is 5.54. The van der Waals surface area contributed by atoms with Gasteiger partial charge in [0.15, 0.2) is 0 Å². The lowest BCUT2D eigenvalue weighted by Crippen LogP contribution is -2.42. The highest BCUT2D eigenvalue weighted by Crippen LogP contribution is 2.34. The molecule has 1 aliphatic rings. The van der Waals surface area contributed by atoms with Gasteiger partial charge in [0.1, 0.15) is 5.76 Å². The van der Waals surface area contributed by atoms with Gasteiger partial charge in [-0.2, -0.15) is 0 Å². The zero-order chi connectivity index (χ0) is 17.1. The maximum absolute atomic E-state index is 12.7. The monoisotopic (exact) mass is 329 g/mol. The number of likely N-dealkylation sites (tertiary alicyclic amines) is 1. The fourth-order valence-corrected chi connectivity index (χ4v) is 2.95. The van der Waals surface area contributed by atoms with Gasteiger partial charge in [-0.15, -0.1) is 0 Å². The van der Waals surface area contributed by atoms with Crippen molar-refractivity contribution in [3.05, 3.63) is 36.5 Å². The summed E-state index contributed by atoms with van der Waals surface area (Å²) in [7, 11) is 3.74. The van der Waals surface area contributed by atoms with Crippen molar-refractivity contribution in [1.29, 1.82) is 0 Å². The second-order valence-corrected chi connectivity index (χ2v) is 6.45. The lowest BCUT2D eigenvalue weighted by molar-refractivity contribution is 0.129. The Balaban J connectivity index is 1.72. The Morgan fingerprint density at radius 2 is 2.12 bits per heavy atom. The number of carbonyl (C=O) groups excluding carboxylic acids is 1. The second kappa shape index (κ2) is 6.90. The molecule has 0 spiro atoms. The maximum atomic E-state index is 12.7. The van der Waals surface area contributed by atoms with Gasteiger partial charge in [0.25, 0.3) is 0 Å². The molecule has 0 unspecified atom stereocenters. The second-order valence-electron chi connectivity index (χ2n) is 6.45. The molecule has 3 heterocycles. The number of amides is 2. The number of aromatic nitrogens is 2. The Morgan fingerprint density at radius 1 is 1.38 bits per heavy atom. The minimum absolute atomic E-state index is 0.0364. The van der Waals surface area contributed by atoms with Gasteiger partial charge in [0.05, 0.1) is 30.4 Å². The molecule has 7 heteroatoms. The predicted molar refractivity (Wildman–Crippen MR) is 91.9 cm³/mol. The molecule has 3 rings (SSSR count). The Kier molecular flexibility index (Phi) is 4.69. The zero-order valence-corrected chi connectivity index (χ0v) is 14.3. The number of nitrogens with one attached hydrogen (secondary N) is 1. The number of furan rings is 1. The average Bonchev–Trinajstić information content (AvgIpc) is 3.09. The van der Waals surface area contributed by atoms with E-state index in [4.69, 9.17) is 4.42 Å². The molecule has 2 amide bonds. The molecular weight excluding hydrogens is 306 g/mol. The molecule has 0 aliphatic carbocycles. The highest BCUT2D eigenvalue weighted by atomic mass is 16.3. The number of hydrogen-bond acceptors (Lipinski definition) is 5. The average molecular weight is 329 g/mol. The van der Waals surface area contributed by atoms with Crippen LogP contribution in [0.15, 0.2) is 35.2 Å². The summed E-state index contributed by atoms with van der Waals surface area (Å²) in [6, 6.07) is 3.60. The van der Waals surface area contributed by atoms with Crippen molar-refractivity contribution < 1.29 is 9.21 Å². The summed E-state index contributed by atoms with van der Waals surface area (Å²) in [4.78, 5) is 24.8. The van der Waals surface area contributed by atoms with E-state index in [2.05, 4.69) is 22.2 Å². The van der Waals surface area contributed by atoms with Crippen molar-refractivity contribution in [2.24, 2.45) is 5.92 Å². The lowest BCUT2D eigenvalue weighted by Gasteiger charge is -2.37. The van der Waals surface area contributed by atoms with Crippen molar-refractivity contribution in [2.45, 2.75) is 25.8 Å².